The van der Waals surface area contributed by atoms with E-state index in [9.17, 15) is 4.79 Å². The monoisotopic (exact) mass is 174 g/mol. The van der Waals surface area contributed by atoms with Crippen LogP contribution >= 0.6 is 0 Å². The van der Waals surface area contributed by atoms with Gasteiger partial charge in [-0.3, -0.25) is 4.79 Å². The molecule has 1 heteroatoms. The molecule has 0 fully saturated rings. The van der Waals surface area contributed by atoms with Gasteiger partial charge in [0.1, 0.15) is 5.78 Å². The van der Waals surface area contributed by atoms with Crippen LogP contribution in [0.1, 0.15) is 24.8 Å². The summed E-state index contributed by atoms with van der Waals surface area (Å²) in [6.45, 7) is 5.35. The summed E-state index contributed by atoms with van der Waals surface area (Å²) in [6.07, 6.45) is 2.38. The van der Waals surface area contributed by atoms with E-state index in [4.69, 9.17) is 0 Å². The minimum atomic E-state index is 0.165. The van der Waals surface area contributed by atoms with Crippen LogP contribution in [-0.4, -0.2) is 5.78 Å². The third-order valence-electron chi connectivity index (χ3n) is 2.02. The summed E-state index contributed by atoms with van der Waals surface area (Å²) in [5.41, 5.74) is 1.16. The molecule has 1 aromatic carbocycles. The Morgan fingerprint density at radius 3 is 2.54 bits per heavy atom. The summed E-state index contributed by atoms with van der Waals surface area (Å²) in [6, 6.07) is 9.97. The van der Waals surface area contributed by atoms with Gasteiger partial charge in [0.25, 0.3) is 0 Å². The zero-order chi connectivity index (χ0) is 9.68. The van der Waals surface area contributed by atoms with E-state index in [2.05, 4.69) is 6.58 Å². The van der Waals surface area contributed by atoms with Crippen LogP contribution < -0.4 is 0 Å². The van der Waals surface area contributed by atoms with Crippen molar-refractivity contribution in [1.29, 1.82) is 0 Å². The summed E-state index contributed by atoms with van der Waals surface area (Å²) in [5, 5.41) is 0. The Morgan fingerprint density at radius 1 is 1.46 bits per heavy atom. The van der Waals surface area contributed by atoms with E-state index in [1.54, 1.807) is 6.92 Å². The zero-order valence-corrected chi connectivity index (χ0v) is 7.86. The molecule has 0 aromatic heterocycles. The van der Waals surface area contributed by atoms with Crippen molar-refractivity contribution in [2.75, 3.05) is 0 Å². The molecule has 0 saturated heterocycles. The van der Waals surface area contributed by atoms with Gasteiger partial charge in [-0.15, -0.1) is 6.58 Å². The first-order chi connectivity index (χ1) is 6.24. The van der Waals surface area contributed by atoms with Crippen LogP contribution in [0.3, 0.4) is 0 Å². The van der Waals surface area contributed by atoms with Gasteiger partial charge < -0.3 is 0 Å². The Hall–Kier alpha value is -1.37. The molecule has 0 radical (unpaired) electrons. The van der Waals surface area contributed by atoms with Gasteiger partial charge >= 0.3 is 0 Å². The Balaban J connectivity index is 2.78. The van der Waals surface area contributed by atoms with Gasteiger partial charge in [0.05, 0.1) is 0 Å². The molecule has 0 unspecified atom stereocenters. The van der Waals surface area contributed by atoms with Gasteiger partial charge in [-0.2, -0.15) is 0 Å². The van der Waals surface area contributed by atoms with Gasteiger partial charge in [-0.25, -0.2) is 0 Å². The molecule has 1 rings (SSSR count). The maximum atomic E-state index is 10.9. The van der Waals surface area contributed by atoms with Crippen molar-refractivity contribution in [3.63, 3.8) is 0 Å². The van der Waals surface area contributed by atoms with E-state index in [-0.39, 0.29) is 11.7 Å². The Bertz CT molecular complexity index is 287. The molecule has 0 aliphatic heterocycles. The molecule has 0 spiro atoms. The van der Waals surface area contributed by atoms with Crippen LogP contribution in [0.5, 0.6) is 0 Å². The van der Waals surface area contributed by atoms with Crippen molar-refractivity contribution in [2.45, 2.75) is 19.3 Å². The van der Waals surface area contributed by atoms with Gasteiger partial charge in [-0.05, 0) is 12.5 Å². The highest BCUT2D eigenvalue weighted by Gasteiger charge is 2.08. The van der Waals surface area contributed by atoms with Gasteiger partial charge in [0.15, 0.2) is 0 Å². The Morgan fingerprint density at radius 2 is 2.08 bits per heavy atom. The van der Waals surface area contributed by atoms with Crippen LogP contribution in [0.15, 0.2) is 43.0 Å². The zero-order valence-electron chi connectivity index (χ0n) is 7.86. The fourth-order valence-corrected chi connectivity index (χ4v) is 1.35. The third-order valence-corrected chi connectivity index (χ3v) is 2.02. The molecule has 13 heavy (non-hydrogen) atoms. The van der Waals surface area contributed by atoms with Gasteiger partial charge in [0, 0.05) is 12.3 Å². The molecule has 0 bridgehead atoms. The second-order valence-electron chi connectivity index (χ2n) is 3.16. The minimum Gasteiger partial charge on any atom is -0.300 e. The van der Waals surface area contributed by atoms with E-state index in [0.717, 1.165) is 5.56 Å². The predicted molar refractivity (Wildman–Crippen MR) is 54.7 cm³/mol. The summed E-state index contributed by atoms with van der Waals surface area (Å²) in [7, 11) is 0. The van der Waals surface area contributed by atoms with Crippen molar-refractivity contribution in [3.05, 3.63) is 48.6 Å². The average Bonchev–Trinajstić information content (AvgIpc) is 2.15. The number of hydrogen-bond acceptors (Lipinski definition) is 1. The average molecular weight is 174 g/mol. The fraction of sp³-hybridized carbons (Fsp3) is 0.250. The summed E-state index contributed by atoms with van der Waals surface area (Å²) in [4.78, 5) is 10.9. The van der Waals surface area contributed by atoms with Crippen LogP contribution in [0.4, 0.5) is 0 Å². The summed E-state index contributed by atoms with van der Waals surface area (Å²) >= 11 is 0. The van der Waals surface area contributed by atoms with Crippen molar-refractivity contribution >= 4 is 5.78 Å². The van der Waals surface area contributed by atoms with Gasteiger partial charge in [-0.1, -0.05) is 36.4 Å². The third kappa shape index (κ3) is 2.86. The lowest BCUT2D eigenvalue weighted by Gasteiger charge is -2.09. The topological polar surface area (TPSA) is 17.1 Å². The maximum absolute atomic E-state index is 10.9. The quantitative estimate of drug-likeness (QED) is 0.641. The number of carbonyl (C=O) groups is 1. The minimum absolute atomic E-state index is 0.165. The molecule has 0 amide bonds. The highest BCUT2D eigenvalue weighted by atomic mass is 16.1. The lowest BCUT2D eigenvalue weighted by Crippen LogP contribution is -2.00. The van der Waals surface area contributed by atoms with Crippen molar-refractivity contribution < 1.29 is 4.79 Å². The number of benzene rings is 1. The molecule has 1 atom stereocenters. The largest absolute Gasteiger partial charge is 0.300 e. The molecule has 68 valence electrons. The van der Waals surface area contributed by atoms with Crippen LogP contribution in [0, 0.1) is 0 Å². The Kier molecular flexibility index (Phi) is 3.44. The van der Waals surface area contributed by atoms with E-state index < -0.39 is 0 Å². The number of Topliss-reactive ketones (excluding diaryl/α,β-unsaturated/α-hetero) is 1. The van der Waals surface area contributed by atoms with Crippen LogP contribution in [0.2, 0.25) is 0 Å². The molecule has 1 nitrogen and oxygen atoms in total. The molecular formula is C12H14O. The van der Waals surface area contributed by atoms with Crippen molar-refractivity contribution in [1.82, 2.24) is 0 Å². The van der Waals surface area contributed by atoms with Gasteiger partial charge in [0.2, 0.25) is 0 Å². The lowest BCUT2D eigenvalue weighted by atomic mass is 9.94. The van der Waals surface area contributed by atoms with Crippen LogP contribution in [-0.2, 0) is 4.79 Å². The molecular weight excluding hydrogens is 160 g/mol. The lowest BCUT2D eigenvalue weighted by molar-refractivity contribution is -0.117. The first kappa shape index (κ1) is 9.72. The predicted octanol–water partition coefficient (Wildman–Crippen LogP) is 2.94. The molecule has 0 N–H and O–H groups in total. The molecule has 0 aliphatic carbocycles. The first-order valence-corrected chi connectivity index (χ1v) is 4.41. The maximum Gasteiger partial charge on any atom is 0.130 e. The number of allylic oxidation sites excluding steroid dienone is 1. The SMILES string of the molecule is C=C[C@H](CC(C)=O)c1ccccc1. The number of carbonyl (C=O) groups excluding carboxylic acids is 1. The highest BCUT2D eigenvalue weighted by Crippen LogP contribution is 2.20. The van der Waals surface area contributed by atoms with Crippen molar-refractivity contribution in [3.8, 4) is 0 Å². The molecule has 1 aromatic rings. The number of ketones is 1. The molecule has 0 saturated carbocycles. The number of hydrogen-bond donors (Lipinski definition) is 0. The van der Waals surface area contributed by atoms with E-state index in [1.807, 2.05) is 36.4 Å². The first-order valence-electron chi connectivity index (χ1n) is 4.41. The second kappa shape index (κ2) is 4.61. The second-order valence-corrected chi connectivity index (χ2v) is 3.16. The van der Waals surface area contributed by atoms with E-state index >= 15 is 0 Å². The van der Waals surface area contributed by atoms with Crippen molar-refractivity contribution in [2.24, 2.45) is 0 Å². The molecule has 0 heterocycles. The fourth-order valence-electron chi connectivity index (χ4n) is 1.35. The van der Waals surface area contributed by atoms with E-state index in [0.29, 0.717) is 6.42 Å². The molecule has 0 aliphatic rings. The van der Waals surface area contributed by atoms with E-state index in [1.165, 1.54) is 0 Å². The normalized spacial score (nSPS) is 12.1. The highest BCUT2D eigenvalue weighted by molar-refractivity contribution is 5.76. The summed E-state index contributed by atoms with van der Waals surface area (Å²) < 4.78 is 0. The Labute approximate surface area is 79.1 Å². The number of rotatable bonds is 4. The smallest absolute Gasteiger partial charge is 0.130 e. The standard InChI is InChI=1S/C12H14O/c1-3-11(9-10(2)13)12-7-5-4-6-8-12/h3-8,11H,1,9H2,2H3/t11-/m1/s1. The summed E-state index contributed by atoms with van der Waals surface area (Å²) in [5.74, 6) is 0.368. The van der Waals surface area contributed by atoms with Crippen LogP contribution in [0.25, 0.3) is 0 Å².